The van der Waals surface area contributed by atoms with Gasteiger partial charge in [-0.05, 0) is 52.7 Å². The average Bonchev–Trinajstić information content (AvgIpc) is 3.38. The predicted molar refractivity (Wildman–Crippen MR) is 125 cm³/mol. The molecule has 150 valence electrons. The van der Waals surface area contributed by atoms with Crippen LogP contribution in [0, 0.1) is 0 Å². The molecule has 1 heterocycles. The molecule has 3 aliphatic rings. The van der Waals surface area contributed by atoms with E-state index in [0.717, 1.165) is 29.8 Å². The van der Waals surface area contributed by atoms with Gasteiger partial charge in [-0.3, -0.25) is 0 Å². The lowest BCUT2D eigenvalue weighted by Gasteiger charge is -2.13. The minimum atomic E-state index is 0.480. The summed E-state index contributed by atoms with van der Waals surface area (Å²) in [5.74, 6) is 0.480. The van der Waals surface area contributed by atoms with Gasteiger partial charge in [-0.25, -0.2) is 0 Å². The molecule has 2 nitrogen and oxygen atoms in total. The van der Waals surface area contributed by atoms with Gasteiger partial charge in [0.2, 0.25) is 0 Å². The van der Waals surface area contributed by atoms with Crippen LogP contribution in [0.1, 0.15) is 93.0 Å². The first-order valence-corrected chi connectivity index (χ1v) is 11.2. The molecule has 1 aliphatic heterocycles. The molecule has 0 radical (unpaired) electrons. The summed E-state index contributed by atoms with van der Waals surface area (Å²) in [5, 5.41) is 8.74. The van der Waals surface area contributed by atoms with Crippen molar-refractivity contribution in [1.82, 2.24) is 0 Å². The first kappa shape index (κ1) is 19.8. The number of unbranched alkanes of at least 4 members (excludes halogenated alkanes) is 2. The maximum absolute atomic E-state index is 4.49. The maximum atomic E-state index is 4.49. The van der Waals surface area contributed by atoms with Crippen molar-refractivity contribution in [3.63, 3.8) is 0 Å². The quantitative estimate of drug-likeness (QED) is 0.503. The Labute approximate surface area is 175 Å². The second-order valence-electron chi connectivity index (χ2n) is 8.43. The molecule has 2 aromatic carbocycles. The van der Waals surface area contributed by atoms with Crippen LogP contribution in [0.4, 0.5) is 5.69 Å². The zero-order valence-corrected chi connectivity index (χ0v) is 18.1. The summed E-state index contributed by atoms with van der Waals surface area (Å²) in [5.41, 5.74) is 12.6. The van der Waals surface area contributed by atoms with Gasteiger partial charge < -0.3 is 0 Å². The number of benzene rings is 2. The summed E-state index contributed by atoms with van der Waals surface area (Å²) in [6, 6.07) is 9.06. The summed E-state index contributed by atoms with van der Waals surface area (Å²) in [6.45, 7) is 15.0. The minimum absolute atomic E-state index is 0.480. The predicted octanol–water partition coefficient (Wildman–Crippen LogP) is 8.82. The SMILES string of the molecule is C=C1CCc2c1ccc1c2-c2c(ccc3c2N=NC3=C)C1CCC.CCCCC. The molecule has 0 saturated carbocycles. The molecule has 0 aromatic heterocycles. The van der Waals surface area contributed by atoms with E-state index in [0.29, 0.717) is 5.92 Å². The van der Waals surface area contributed by atoms with Crippen LogP contribution < -0.4 is 0 Å². The summed E-state index contributed by atoms with van der Waals surface area (Å²) in [4.78, 5) is 0. The zero-order chi connectivity index (χ0) is 20.5. The molecule has 0 bridgehead atoms. The van der Waals surface area contributed by atoms with Gasteiger partial charge in [-0.2, -0.15) is 5.11 Å². The lowest BCUT2D eigenvalue weighted by Crippen LogP contribution is -1.96. The van der Waals surface area contributed by atoms with Crippen LogP contribution in [0.5, 0.6) is 0 Å². The van der Waals surface area contributed by atoms with Crippen LogP contribution in [0.3, 0.4) is 0 Å². The van der Waals surface area contributed by atoms with E-state index >= 15 is 0 Å². The highest BCUT2D eigenvalue weighted by Gasteiger charge is 2.36. The van der Waals surface area contributed by atoms with Crippen molar-refractivity contribution in [3.05, 3.63) is 65.2 Å². The molecule has 29 heavy (non-hydrogen) atoms. The number of fused-ring (bicyclic) bond motifs is 7. The third-order valence-corrected chi connectivity index (χ3v) is 6.48. The van der Waals surface area contributed by atoms with Crippen molar-refractivity contribution in [2.45, 2.75) is 71.6 Å². The van der Waals surface area contributed by atoms with E-state index < -0.39 is 0 Å². The van der Waals surface area contributed by atoms with E-state index in [1.165, 1.54) is 71.1 Å². The summed E-state index contributed by atoms with van der Waals surface area (Å²) in [7, 11) is 0. The third kappa shape index (κ3) is 3.19. The summed E-state index contributed by atoms with van der Waals surface area (Å²) >= 11 is 0. The average molecular weight is 385 g/mol. The molecule has 2 aliphatic carbocycles. The van der Waals surface area contributed by atoms with E-state index in [4.69, 9.17) is 0 Å². The molecule has 0 fully saturated rings. The molecule has 2 aromatic rings. The molecule has 0 saturated heterocycles. The Bertz CT molecular complexity index is 1010. The Hall–Kier alpha value is -2.48. The van der Waals surface area contributed by atoms with Gasteiger partial charge in [0.1, 0.15) is 5.69 Å². The number of hydrogen-bond donors (Lipinski definition) is 0. The molecule has 2 heteroatoms. The van der Waals surface area contributed by atoms with Crippen LogP contribution >= 0.6 is 0 Å². The van der Waals surface area contributed by atoms with Gasteiger partial charge in [-0.15, -0.1) is 5.11 Å². The highest BCUT2D eigenvalue weighted by Crippen LogP contribution is 2.57. The second-order valence-corrected chi connectivity index (χ2v) is 8.43. The van der Waals surface area contributed by atoms with Gasteiger partial charge >= 0.3 is 0 Å². The van der Waals surface area contributed by atoms with Gasteiger partial charge in [0.05, 0.1) is 5.70 Å². The fourth-order valence-corrected chi connectivity index (χ4v) is 5.03. The Morgan fingerprint density at radius 3 is 2.17 bits per heavy atom. The van der Waals surface area contributed by atoms with Crippen LogP contribution in [-0.2, 0) is 6.42 Å². The lowest BCUT2D eigenvalue weighted by molar-refractivity contribution is 0.711. The summed E-state index contributed by atoms with van der Waals surface area (Å²) < 4.78 is 0. The lowest BCUT2D eigenvalue weighted by atomic mass is 9.91. The highest BCUT2D eigenvalue weighted by atomic mass is 15.1. The number of nitrogens with zero attached hydrogens (tertiary/aromatic N) is 2. The van der Waals surface area contributed by atoms with Crippen molar-refractivity contribution in [3.8, 4) is 11.1 Å². The Morgan fingerprint density at radius 2 is 1.52 bits per heavy atom. The first-order chi connectivity index (χ1) is 14.1. The topological polar surface area (TPSA) is 24.7 Å². The molecule has 0 amide bonds. The molecule has 1 atom stereocenters. The number of hydrogen-bond acceptors (Lipinski definition) is 2. The van der Waals surface area contributed by atoms with Crippen molar-refractivity contribution in [2.75, 3.05) is 0 Å². The third-order valence-electron chi connectivity index (χ3n) is 6.48. The highest BCUT2D eigenvalue weighted by molar-refractivity contribution is 5.97. The molecular weight excluding hydrogens is 352 g/mol. The second kappa shape index (κ2) is 8.10. The van der Waals surface area contributed by atoms with E-state index in [-0.39, 0.29) is 0 Å². The van der Waals surface area contributed by atoms with Crippen LogP contribution in [0.2, 0.25) is 0 Å². The van der Waals surface area contributed by atoms with E-state index in [1.54, 1.807) is 0 Å². The van der Waals surface area contributed by atoms with Crippen molar-refractivity contribution >= 4 is 17.0 Å². The Kier molecular flexibility index (Phi) is 5.54. The van der Waals surface area contributed by atoms with Gasteiger partial charge in [0.25, 0.3) is 0 Å². The van der Waals surface area contributed by atoms with Crippen molar-refractivity contribution in [2.24, 2.45) is 10.2 Å². The fourth-order valence-electron chi connectivity index (χ4n) is 5.03. The van der Waals surface area contributed by atoms with Crippen LogP contribution in [-0.4, -0.2) is 0 Å². The van der Waals surface area contributed by atoms with E-state index in [9.17, 15) is 0 Å². The minimum Gasteiger partial charge on any atom is -0.150 e. The molecular formula is C27H32N2. The maximum Gasteiger partial charge on any atom is 0.103 e. The largest absolute Gasteiger partial charge is 0.150 e. The molecule has 0 N–H and O–H groups in total. The van der Waals surface area contributed by atoms with Crippen LogP contribution in [0.15, 0.2) is 47.7 Å². The van der Waals surface area contributed by atoms with E-state index in [1.807, 2.05) is 0 Å². The first-order valence-electron chi connectivity index (χ1n) is 11.2. The molecule has 1 unspecified atom stereocenters. The monoisotopic (exact) mass is 384 g/mol. The molecule has 5 rings (SSSR count). The smallest absolute Gasteiger partial charge is 0.103 e. The fraction of sp³-hybridized carbons (Fsp3) is 0.407. The zero-order valence-electron chi connectivity index (χ0n) is 18.1. The normalized spacial score (nSPS) is 17.6. The van der Waals surface area contributed by atoms with Gasteiger partial charge in [-0.1, -0.05) is 83.9 Å². The summed E-state index contributed by atoms with van der Waals surface area (Å²) in [6.07, 6.45) is 8.60. The number of rotatable bonds is 4. The Morgan fingerprint density at radius 1 is 0.828 bits per heavy atom. The molecule has 0 spiro atoms. The van der Waals surface area contributed by atoms with Gasteiger partial charge in [0.15, 0.2) is 0 Å². The van der Waals surface area contributed by atoms with Crippen molar-refractivity contribution < 1.29 is 0 Å². The van der Waals surface area contributed by atoms with E-state index in [2.05, 4.69) is 68.4 Å². The standard InChI is InChI=1S/C22H20N2.C5H12/c1-4-5-16-18-10-8-14-12(2)6-7-17(14)20(18)21-19(16)11-9-15-13(3)23-24-22(15)21;1-3-5-4-2/h8-11,16H,2-7H2,1H3;3-5H2,1-2H3. The number of allylic oxidation sites excluding steroid dienone is 1. The van der Waals surface area contributed by atoms with Crippen molar-refractivity contribution in [1.29, 1.82) is 0 Å². The Balaban J connectivity index is 0.000000369. The number of azo groups is 1. The van der Waals surface area contributed by atoms with Crippen LogP contribution in [0.25, 0.3) is 22.4 Å². The van der Waals surface area contributed by atoms with Gasteiger partial charge in [0, 0.05) is 17.0 Å².